The van der Waals surface area contributed by atoms with Gasteiger partial charge in [0, 0.05) is 36.2 Å². The summed E-state index contributed by atoms with van der Waals surface area (Å²) in [5, 5.41) is 7.20. The molecule has 0 radical (unpaired) electrons. The fraction of sp³-hybridized carbons (Fsp3) is 0.303. The van der Waals surface area contributed by atoms with Crippen LogP contribution in [0, 0.1) is 41.5 Å². The van der Waals surface area contributed by atoms with E-state index in [1.54, 1.807) is 0 Å². The van der Waals surface area contributed by atoms with Crippen LogP contribution in [0.25, 0.3) is 5.69 Å². The number of pyridine rings is 1. The van der Waals surface area contributed by atoms with Gasteiger partial charge in [0.25, 0.3) is 0 Å². The van der Waals surface area contributed by atoms with E-state index in [2.05, 4.69) is 77.9 Å². The predicted molar refractivity (Wildman–Crippen MR) is 166 cm³/mol. The standard InChI is InChI=1S/C33H37N5OS/c1-20-10-9-11-26(18-20)35-29(39)13-15-37-32(30(36-33(37)40)28-12-7-8-14-34-28)27-19-24(5)38(25(27)6)31-22(3)16-21(2)17-23(31)4/h7-12,14,16-19,30,32H,13,15H2,1-6H3,(H,35,39)(H,36,40)/t30-,32+/m1/s1. The SMILES string of the molecule is Cc1cccc(NC(=O)CCN2C(=S)N[C@H](c3ccccn3)[C@@H]2c2cc(C)n(-c3c(C)cc(C)cc3C)c2C)c1. The maximum absolute atomic E-state index is 13.0. The third-order valence-electron chi connectivity index (χ3n) is 7.73. The molecule has 6 nitrogen and oxygen atoms in total. The number of hydrogen-bond donors (Lipinski definition) is 2. The molecule has 1 fully saturated rings. The van der Waals surface area contributed by atoms with Crippen LogP contribution in [-0.2, 0) is 4.79 Å². The Morgan fingerprint density at radius 1 is 0.950 bits per heavy atom. The first kappa shape index (κ1) is 27.6. The second kappa shape index (κ2) is 11.3. The van der Waals surface area contributed by atoms with E-state index in [1.165, 1.54) is 33.6 Å². The Kier molecular flexibility index (Phi) is 7.76. The lowest BCUT2D eigenvalue weighted by molar-refractivity contribution is -0.116. The number of carbonyl (C=O) groups is 1. The summed E-state index contributed by atoms with van der Waals surface area (Å²) in [7, 11) is 0. The molecule has 0 spiro atoms. The number of nitrogens with one attached hydrogen (secondary N) is 2. The van der Waals surface area contributed by atoms with Crippen LogP contribution < -0.4 is 10.6 Å². The number of hydrogen-bond acceptors (Lipinski definition) is 3. The monoisotopic (exact) mass is 551 g/mol. The average molecular weight is 552 g/mol. The van der Waals surface area contributed by atoms with Gasteiger partial charge in [0.2, 0.25) is 5.91 Å². The minimum atomic E-state index is -0.136. The summed E-state index contributed by atoms with van der Waals surface area (Å²) in [6, 6.07) is 20.3. The van der Waals surface area contributed by atoms with Crippen molar-refractivity contribution in [2.24, 2.45) is 0 Å². The van der Waals surface area contributed by atoms with Gasteiger partial charge in [0.15, 0.2) is 5.11 Å². The van der Waals surface area contributed by atoms with Crippen molar-refractivity contribution in [3.8, 4) is 5.69 Å². The number of anilines is 1. The Hall–Kier alpha value is -3.97. The molecule has 4 aromatic rings. The van der Waals surface area contributed by atoms with E-state index in [0.29, 0.717) is 18.1 Å². The van der Waals surface area contributed by atoms with Crippen molar-refractivity contribution in [1.29, 1.82) is 0 Å². The molecule has 3 heterocycles. The molecule has 2 aromatic carbocycles. The molecule has 5 rings (SSSR count). The van der Waals surface area contributed by atoms with E-state index >= 15 is 0 Å². The minimum absolute atomic E-state index is 0.0372. The fourth-order valence-electron chi connectivity index (χ4n) is 6.11. The van der Waals surface area contributed by atoms with Crippen LogP contribution in [0.2, 0.25) is 0 Å². The third kappa shape index (κ3) is 5.39. The highest BCUT2D eigenvalue weighted by atomic mass is 32.1. The van der Waals surface area contributed by atoms with Gasteiger partial charge in [-0.1, -0.05) is 35.9 Å². The zero-order valence-corrected chi connectivity index (χ0v) is 24.9. The zero-order valence-electron chi connectivity index (χ0n) is 24.1. The molecule has 1 saturated heterocycles. The first-order valence-corrected chi connectivity index (χ1v) is 14.2. The van der Waals surface area contributed by atoms with Gasteiger partial charge >= 0.3 is 0 Å². The van der Waals surface area contributed by atoms with E-state index in [0.717, 1.165) is 22.6 Å². The molecule has 206 valence electrons. The Morgan fingerprint density at radius 3 is 2.38 bits per heavy atom. The maximum Gasteiger partial charge on any atom is 0.226 e. The van der Waals surface area contributed by atoms with E-state index in [4.69, 9.17) is 12.2 Å². The molecule has 0 aliphatic carbocycles. The van der Waals surface area contributed by atoms with Crippen LogP contribution in [0.3, 0.4) is 0 Å². The highest BCUT2D eigenvalue weighted by Gasteiger charge is 2.41. The van der Waals surface area contributed by atoms with Gasteiger partial charge < -0.3 is 20.1 Å². The number of nitrogens with zero attached hydrogens (tertiary/aromatic N) is 3. The summed E-state index contributed by atoms with van der Waals surface area (Å²) in [6.07, 6.45) is 2.13. The summed E-state index contributed by atoms with van der Waals surface area (Å²) in [5.74, 6) is -0.0372. The number of aromatic nitrogens is 2. The van der Waals surface area contributed by atoms with Crippen LogP contribution in [0.5, 0.6) is 0 Å². The molecule has 1 amide bonds. The van der Waals surface area contributed by atoms with E-state index in [1.807, 2.05) is 55.6 Å². The van der Waals surface area contributed by atoms with Crippen LogP contribution in [0.4, 0.5) is 5.69 Å². The highest BCUT2D eigenvalue weighted by molar-refractivity contribution is 7.80. The minimum Gasteiger partial charge on any atom is -0.352 e. The van der Waals surface area contributed by atoms with Gasteiger partial charge in [0.1, 0.15) is 0 Å². The molecule has 1 aliphatic heterocycles. The van der Waals surface area contributed by atoms with Crippen molar-refractivity contribution in [1.82, 2.24) is 19.8 Å². The molecule has 0 unspecified atom stereocenters. The summed E-state index contributed by atoms with van der Waals surface area (Å²) in [4.78, 5) is 19.8. The lowest BCUT2D eigenvalue weighted by atomic mass is 9.96. The summed E-state index contributed by atoms with van der Waals surface area (Å²) in [6.45, 7) is 13.3. The van der Waals surface area contributed by atoms with Crippen LogP contribution in [0.1, 0.15) is 63.4 Å². The number of carbonyl (C=O) groups excluding carboxylic acids is 1. The van der Waals surface area contributed by atoms with Crippen LogP contribution in [0.15, 0.2) is 66.9 Å². The van der Waals surface area contributed by atoms with Crippen molar-refractivity contribution in [2.75, 3.05) is 11.9 Å². The van der Waals surface area contributed by atoms with Crippen molar-refractivity contribution in [3.05, 3.63) is 112 Å². The number of rotatable bonds is 7. The van der Waals surface area contributed by atoms with Gasteiger partial charge in [-0.15, -0.1) is 0 Å². The smallest absolute Gasteiger partial charge is 0.226 e. The van der Waals surface area contributed by atoms with Crippen molar-refractivity contribution < 1.29 is 4.79 Å². The molecule has 1 aliphatic rings. The summed E-state index contributed by atoms with van der Waals surface area (Å²) < 4.78 is 2.36. The highest BCUT2D eigenvalue weighted by Crippen LogP contribution is 2.42. The number of benzene rings is 2. The van der Waals surface area contributed by atoms with Crippen molar-refractivity contribution >= 4 is 28.9 Å². The third-order valence-corrected chi connectivity index (χ3v) is 8.08. The Labute approximate surface area is 242 Å². The molecule has 2 N–H and O–H groups in total. The average Bonchev–Trinajstić information content (AvgIpc) is 3.38. The number of amides is 1. The second-order valence-electron chi connectivity index (χ2n) is 10.9. The van der Waals surface area contributed by atoms with Gasteiger partial charge in [-0.3, -0.25) is 9.78 Å². The van der Waals surface area contributed by atoms with Crippen molar-refractivity contribution in [2.45, 2.75) is 60.0 Å². The molecule has 0 bridgehead atoms. The molecule has 40 heavy (non-hydrogen) atoms. The maximum atomic E-state index is 13.0. The first-order valence-electron chi connectivity index (χ1n) is 13.8. The second-order valence-corrected chi connectivity index (χ2v) is 11.3. The largest absolute Gasteiger partial charge is 0.352 e. The van der Waals surface area contributed by atoms with Crippen LogP contribution in [-0.4, -0.2) is 32.0 Å². The molecular weight excluding hydrogens is 514 g/mol. The van der Waals surface area contributed by atoms with Gasteiger partial charge in [-0.25, -0.2) is 0 Å². The Morgan fingerprint density at radius 2 is 1.70 bits per heavy atom. The molecule has 7 heteroatoms. The van der Waals surface area contributed by atoms with Gasteiger partial charge in [-0.2, -0.15) is 0 Å². The number of thiocarbonyl (C=S) groups is 1. The normalized spacial score (nSPS) is 16.8. The van der Waals surface area contributed by atoms with Gasteiger partial charge in [-0.05, 0) is 106 Å². The lowest BCUT2D eigenvalue weighted by Crippen LogP contribution is -2.32. The lowest BCUT2D eigenvalue weighted by Gasteiger charge is -2.28. The number of aryl methyl sites for hydroxylation is 5. The predicted octanol–water partition coefficient (Wildman–Crippen LogP) is 6.72. The fourth-order valence-corrected chi connectivity index (χ4v) is 6.44. The first-order chi connectivity index (χ1) is 19.1. The molecule has 2 atom stereocenters. The zero-order chi connectivity index (χ0) is 28.6. The van der Waals surface area contributed by atoms with E-state index < -0.39 is 0 Å². The van der Waals surface area contributed by atoms with Gasteiger partial charge in [0.05, 0.1) is 23.5 Å². The Balaban J connectivity index is 1.51. The molecule has 0 saturated carbocycles. The molecular formula is C33H37N5OS. The van der Waals surface area contributed by atoms with Crippen LogP contribution >= 0.6 is 12.2 Å². The van der Waals surface area contributed by atoms with E-state index in [9.17, 15) is 4.79 Å². The van der Waals surface area contributed by atoms with E-state index in [-0.39, 0.29) is 18.0 Å². The van der Waals surface area contributed by atoms with Crippen molar-refractivity contribution in [3.63, 3.8) is 0 Å². The Bertz CT molecular complexity index is 1550. The topological polar surface area (TPSA) is 62.2 Å². The summed E-state index contributed by atoms with van der Waals surface area (Å²) >= 11 is 5.87. The quantitative estimate of drug-likeness (QED) is 0.250. The summed E-state index contributed by atoms with van der Waals surface area (Å²) in [5.41, 5.74) is 11.3. The molecule has 2 aromatic heterocycles.